The molecule has 28 heavy (non-hydrogen) atoms. The van der Waals surface area contributed by atoms with E-state index in [9.17, 15) is 4.79 Å². The number of amides is 1. The number of carbonyl (C=O) groups is 1. The van der Waals surface area contributed by atoms with Crippen LogP contribution in [0.4, 0.5) is 0 Å². The van der Waals surface area contributed by atoms with Gasteiger partial charge in [0.15, 0.2) is 11.5 Å². The molecular formula is C20H21ClN6O. The summed E-state index contributed by atoms with van der Waals surface area (Å²) >= 11 is 6.26. The fourth-order valence-electron chi connectivity index (χ4n) is 3.51. The summed E-state index contributed by atoms with van der Waals surface area (Å²) in [5.41, 5.74) is 0.604. The van der Waals surface area contributed by atoms with Crippen LogP contribution >= 0.6 is 11.6 Å². The molecule has 4 rings (SSSR count). The highest BCUT2D eigenvalue weighted by Crippen LogP contribution is 2.37. The molecule has 0 fully saturated rings. The van der Waals surface area contributed by atoms with Gasteiger partial charge in [0.1, 0.15) is 5.82 Å². The van der Waals surface area contributed by atoms with Crippen LogP contribution in [-0.4, -0.2) is 37.8 Å². The molecule has 3 heterocycles. The number of aromatic nitrogens is 3. The van der Waals surface area contributed by atoms with Crippen molar-refractivity contribution in [3.05, 3.63) is 46.5 Å². The summed E-state index contributed by atoms with van der Waals surface area (Å²) in [6.45, 7) is 1.80. The number of terminal acetylenes is 1. The summed E-state index contributed by atoms with van der Waals surface area (Å²) in [6, 6.07) is 7.74. The van der Waals surface area contributed by atoms with E-state index in [1.54, 1.807) is 0 Å². The second kappa shape index (κ2) is 7.72. The van der Waals surface area contributed by atoms with E-state index in [2.05, 4.69) is 30.9 Å². The molecule has 144 valence electrons. The quantitative estimate of drug-likeness (QED) is 0.674. The van der Waals surface area contributed by atoms with Gasteiger partial charge in [0.05, 0.1) is 6.54 Å². The molecule has 8 heteroatoms. The van der Waals surface area contributed by atoms with Gasteiger partial charge in [-0.3, -0.25) is 4.79 Å². The van der Waals surface area contributed by atoms with Gasteiger partial charge in [-0.05, 0) is 11.6 Å². The summed E-state index contributed by atoms with van der Waals surface area (Å²) in [5, 5.41) is 17.5. The largest absolute Gasteiger partial charge is 0.333 e. The predicted molar refractivity (Wildman–Crippen MR) is 105 cm³/mol. The smallest absolute Gasteiger partial charge is 0.223 e. The van der Waals surface area contributed by atoms with Crippen molar-refractivity contribution in [1.29, 1.82) is 0 Å². The van der Waals surface area contributed by atoms with Crippen LogP contribution in [0.15, 0.2) is 34.5 Å². The van der Waals surface area contributed by atoms with E-state index in [1.165, 1.54) is 0 Å². The van der Waals surface area contributed by atoms with Crippen LogP contribution in [0.2, 0.25) is 5.02 Å². The average molecular weight is 397 g/mol. The molecule has 0 saturated carbocycles. The van der Waals surface area contributed by atoms with E-state index >= 15 is 0 Å². The SMILES string of the molecule is C#CCCC1(CCC(=O)N2CCn3c(Cc4ccccc4Cl)nnc3C2)N=N1. The summed E-state index contributed by atoms with van der Waals surface area (Å²) < 4.78 is 2.09. The second-order valence-electron chi connectivity index (χ2n) is 7.15. The monoisotopic (exact) mass is 396 g/mol. The number of hydrogen-bond donors (Lipinski definition) is 0. The third-order valence-corrected chi connectivity index (χ3v) is 5.65. The molecule has 2 aliphatic heterocycles. The maximum Gasteiger partial charge on any atom is 0.223 e. The summed E-state index contributed by atoms with van der Waals surface area (Å²) in [5.74, 6) is 4.39. The van der Waals surface area contributed by atoms with Gasteiger partial charge in [-0.25, -0.2) is 0 Å². The molecule has 0 N–H and O–H groups in total. The lowest BCUT2D eigenvalue weighted by molar-refractivity contribution is -0.133. The minimum absolute atomic E-state index is 0.0966. The molecule has 1 amide bonds. The van der Waals surface area contributed by atoms with Gasteiger partial charge in [-0.1, -0.05) is 29.8 Å². The fraction of sp³-hybridized carbons (Fsp3) is 0.450. The van der Waals surface area contributed by atoms with Crippen LogP contribution in [0.3, 0.4) is 0 Å². The number of carbonyl (C=O) groups excluding carboxylic acids is 1. The molecule has 2 aromatic rings. The maximum absolute atomic E-state index is 12.6. The van der Waals surface area contributed by atoms with Crippen molar-refractivity contribution in [2.45, 2.75) is 50.9 Å². The zero-order chi connectivity index (χ0) is 19.6. The lowest BCUT2D eigenvalue weighted by Crippen LogP contribution is -2.39. The number of hydrogen-bond acceptors (Lipinski definition) is 5. The standard InChI is InChI=1S/C20H21ClN6O/c1-2-3-9-20(24-25-20)10-8-19(28)26-11-12-27-17(22-23-18(27)14-26)13-15-6-4-5-7-16(15)21/h1,4-7H,3,8-14H2. The van der Waals surface area contributed by atoms with E-state index in [0.717, 1.165) is 28.7 Å². The highest BCUT2D eigenvalue weighted by atomic mass is 35.5. The van der Waals surface area contributed by atoms with Crippen molar-refractivity contribution in [2.75, 3.05) is 6.54 Å². The minimum Gasteiger partial charge on any atom is -0.333 e. The first-order chi connectivity index (χ1) is 13.6. The average Bonchev–Trinajstić information content (AvgIpc) is 3.38. The second-order valence-corrected chi connectivity index (χ2v) is 7.56. The Morgan fingerprint density at radius 1 is 1.21 bits per heavy atom. The van der Waals surface area contributed by atoms with Crippen LogP contribution in [0.1, 0.15) is 42.9 Å². The maximum atomic E-state index is 12.6. The Morgan fingerprint density at radius 3 is 2.79 bits per heavy atom. The normalized spacial score (nSPS) is 16.5. The summed E-state index contributed by atoms with van der Waals surface area (Å²) in [4.78, 5) is 14.5. The molecule has 1 aromatic carbocycles. The Hall–Kier alpha value is -2.72. The van der Waals surface area contributed by atoms with Crippen LogP contribution in [-0.2, 0) is 24.3 Å². The Morgan fingerprint density at radius 2 is 2.04 bits per heavy atom. The third kappa shape index (κ3) is 3.92. The van der Waals surface area contributed by atoms with Crippen LogP contribution in [0.5, 0.6) is 0 Å². The van der Waals surface area contributed by atoms with Gasteiger partial charge >= 0.3 is 0 Å². The zero-order valence-electron chi connectivity index (χ0n) is 15.5. The first-order valence-electron chi connectivity index (χ1n) is 9.40. The van der Waals surface area contributed by atoms with Crippen molar-refractivity contribution < 1.29 is 4.79 Å². The molecule has 7 nitrogen and oxygen atoms in total. The van der Waals surface area contributed by atoms with E-state index in [4.69, 9.17) is 18.0 Å². The summed E-state index contributed by atoms with van der Waals surface area (Å²) in [7, 11) is 0. The van der Waals surface area contributed by atoms with Gasteiger partial charge in [-0.2, -0.15) is 10.2 Å². The van der Waals surface area contributed by atoms with Gasteiger partial charge in [0.2, 0.25) is 5.91 Å². The number of benzene rings is 1. The molecule has 0 unspecified atom stereocenters. The van der Waals surface area contributed by atoms with Crippen molar-refractivity contribution in [2.24, 2.45) is 10.2 Å². The zero-order valence-corrected chi connectivity index (χ0v) is 16.3. The van der Waals surface area contributed by atoms with Gasteiger partial charge < -0.3 is 9.47 Å². The number of rotatable bonds is 7. The van der Waals surface area contributed by atoms with Crippen molar-refractivity contribution in [3.63, 3.8) is 0 Å². The fourth-order valence-corrected chi connectivity index (χ4v) is 3.71. The lowest BCUT2D eigenvalue weighted by Gasteiger charge is -2.28. The number of nitrogens with zero attached hydrogens (tertiary/aromatic N) is 6. The van der Waals surface area contributed by atoms with Crippen LogP contribution in [0, 0.1) is 12.3 Å². The molecule has 1 aromatic heterocycles. The Labute approximate surface area is 168 Å². The highest BCUT2D eigenvalue weighted by Gasteiger charge is 2.39. The van der Waals surface area contributed by atoms with Crippen molar-refractivity contribution >= 4 is 17.5 Å². The van der Waals surface area contributed by atoms with Crippen molar-refractivity contribution in [3.8, 4) is 12.3 Å². The molecule has 0 bridgehead atoms. The molecule has 0 saturated heterocycles. The molecule has 0 atom stereocenters. The third-order valence-electron chi connectivity index (χ3n) is 5.28. The number of fused-ring (bicyclic) bond motifs is 1. The first-order valence-corrected chi connectivity index (χ1v) is 9.78. The van der Waals surface area contributed by atoms with E-state index in [0.29, 0.717) is 45.3 Å². The Kier molecular flexibility index (Phi) is 5.14. The van der Waals surface area contributed by atoms with Gasteiger partial charge in [0.25, 0.3) is 0 Å². The lowest BCUT2D eigenvalue weighted by atomic mass is 10.0. The minimum atomic E-state index is -0.417. The van der Waals surface area contributed by atoms with E-state index < -0.39 is 5.66 Å². The molecule has 0 spiro atoms. The van der Waals surface area contributed by atoms with E-state index in [1.807, 2.05) is 29.2 Å². The Balaban J connectivity index is 1.35. The topological polar surface area (TPSA) is 75.7 Å². The molecule has 0 aliphatic carbocycles. The van der Waals surface area contributed by atoms with Gasteiger partial charge in [0, 0.05) is 50.2 Å². The van der Waals surface area contributed by atoms with Gasteiger partial charge in [-0.15, -0.1) is 22.5 Å². The Bertz CT molecular complexity index is 954. The van der Waals surface area contributed by atoms with Crippen LogP contribution < -0.4 is 0 Å². The molecule has 2 aliphatic rings. The highest BCUT2D eigenvalue weighted by molar-refractivity contribution is 6.31. The first kappa shape index (κ1) is 18.6. The summed E-state index contributed by atoms with van der Waals surface area (Å²) in [6.07, 6.45) is 8.32. The van der Waals surface area contributed by atoms with E-state index in [-0.39, 0.29) is 5.91 Å². The molecule has 0 radical (unpaired) electrons. The molecular weight excluding hydrogens is 376 g/mol. The predicted octanol–water partition coefficient (Wildman–Crippen LogP) is 3.22. The van der Waals surface area contributed by atoms with Crippen molar-refractivity contribution in [1.82, 2.24) is 19.7 Å². The number of halogens is 1. The van der Waals surface area contributed by atoms with Crippen LogP contribution in [0.25, 0.3) is 0 Å².